The summed E-state index contributed by atoms with van der Waals surface area (Å²) in [5.74, 6) is 1.63. The van der Waals surface area contributed by atoms with E-state index in [4.69, 9.17) is 15.3 Å². The van der Waals surface area contributed by atoms with Gasteiger partial charge in [-0.1, -0.05) is 68.9 Å². The molecule has 0 bridgehead atoms. The predicted octanol–water partition coefficient (Wildman–Crippen LogP) is 4.93. The lowest BCUT2D eigenvalue weighted by molar-refractivity contribution is -0.742. The molecule has 2 aliphatic rings. The second kappa shape index (κ2) is 11.1. The fraction of sp³-hybridized carbons (Fsp3) is 0.700. The van der Waals surface area contributed by atoms with Crippen LogP contribution in [0.15, 0.2) is 30.3 Å². The van der Waals surface area contributed by atoms with E-state index in [2.05, 4.69) is 35.6 Å². The molecule has 0 aliphatic heterocycles. The molecule has 5 heteroatoms. The lowest BCUT2D eigenvalue weighted by atomic mass is 9.76. The molecular weight excluding hydrogens is 316 g/mol. The molecule has 2 saturated carbocycles. The van der Waals surface area contributed by atoms with Crippen molar-refractivity contribution >= 4 is 0 Å². The molecule has 1 atom stereocenters. The Labute approximate surface area is 150 Å². The van der Waals surface area contributed by atoms with Crippen LogP contribution in [-0.4, -0.2) is 22.9 Å². The Morgan fingerprint density at radius 2 is 1.52 bits per heavy atom. The highest BCUT2D eigenvalue weighted by atomic mass is 16.9. The molecule has 1 unspecified atom stereocenters. The molecule has 1 aromatic carbocycles. The molecule has 2 N–H and O–H groups in total. The second-order valence-electron chi connectivity index (χ2n) is 7.40. The summed E-state index contributed by atoms with van der Waals surface area (Å²) in [7, 11) is 0. The van der Waals surface area contributed by atoms with E-state index in [9.17, 15) is 0 Å². The first-order valence-electron chi connectivity index (χ1n) is 9.78. The molecule has 0 heterocycles. The van der Waals surface area contributed by atoms with E-state index in [-0.39, 0.29) is 0 Å². The van der Waals surface area contributed by atoms with Crippen molar-refractivity contribution < 1.29 is 10.3 Å². The molecule has 0 radical (unpaired) electrons. The lowest BCUT2D eigenvalue weighted by Crippen LogP contribution is -2.36. The van der Waals surface area contributed by atoms with Crippen molar-refractivity contribution in [3.63, 3.8) is 0 Å². The standard InChI is InChI=1S/C20H31N.HNO3/c1-4-10-17(11-5-1)20(18-12-6-2-7-13-18)16-21-19-14-8-3-9-15-19;2-1(3)4/h1,4-5,10-11,18-21H,2-3,6-9,12-16H2;(H,2,3,4). The summed E-state index contributed by atoms with van der Waals surface area (Å²) < 4.78 is 0. The highest BCUT2D eigenvalue weighted by molar-refractivity contribution is 5.21. The summed E-state index contributed by atoms with van der Waals surface area (Å²) in [5, 5.41) is 17.6. The Kier molecular flexibility index (Phi) is 8.73. The molecule has 1 aromatic rings. The third-order valence-corrected chi connectivity index (χ3v) is 5.68. The van der Waals surface area contributed by atoms with E-state index < -0.39 is 5.09 Å². The minimum atomic E-state index is -1.50. The zero-order chi connectivity index (χ0) is 17.9. The van der Waals surface area contributed by atoms with Crippen LogP contribution in [0.1, 0.15) is 75.7 Å². The van der Waals surface area contributed by atoms with Gasteiger partial charge in [-0.3, -0.25) is 0 Å². The monoisotopic (exact) mass is 348 g/mol. The smallest absolute Gasteiger partial charge is 0.291 e. The zero-order valence-corrected chi connectivity index (χ0v) is 15.1. The number of rotatable bonds is 5. The number of nitrogens with zero attached hydrogens (tertiary/aromatic N) is 1. The normalized spacial score (nSPS) is 20.3. The third-order valence-electron chi connectivity index (χ3n) is 5.68. The molecule has 0 aromatic heterocycles. The number of nitrogens with one attached hydrogen (secondary N) is 1. The molecule has 140 valence electrons. The van der Waals surface area contributed by atoms with Crippen molar-refractivity contribution in [1.29, 1.82) is 0 Å². The van der Waals surface area contributed by atoms with Crippen LogP contribution >= 0.6 is 0 Å². The molecule has 25 heavy (non-hydrogen) atoms. The van der Waals surface area contributed by atoms with Gasteiger partial charge in [-0.25, -0.2) is 0 Å². The van der Waals surface area contributed by atoms with Gasteiger partial charge in [0.1, 0.15) is 0 Å². The summed E-state index contributed by atoms with van der Waals surface area (Å²) in [4.78, 5) is 8.36. The van der Waals surface area contributed by atoms with Gasteiger partial charge in [-0.05, 0) is 43.1 Å². The fourth-order valence-corrected chi connectivity index (χ4v) is 4.39. The van der Waals surface area contributed by atoms with E-state index in [1.807, 2.05) is 0 Å². The van der Waals surface area contributed by atoms with E-state index in [0.717, 1.165) is 17.9 Å². The van der Waals surface area contributed by atoms with Crippen LogP contribution in [0.3, 0.4) is 0 Å². The van der Waals surface area contributed by atoms with Gasteiger partial charge < -0.3 is 10.5 Å². The molecule has 5 nitrogen and oxygen atoms in total. The summed E-state index contributed by atoms with van der Waals surface area (Å²) in [6, 6.07) is 12.1. The molecular formula is C20H32N2O3. The predicted molar refractivity (Wildman–Crippen MR) is 99.4 cm³/mol. The Morgan fingerprint density at radius 1 is 1.00 bits per heavy atom. The van der Waals surface area contributed by atoms with Gasteiger partial charge >= 0.3 is 0 Å². The van der Waals surface area contributed by atoms with Gasteiger partial charge in [0.15, 0.2) is 0 Å². The van der Waals surface area contributed by atoms with Gasteiger partial charge in [0.25, 0.3) is 5.09 Å². The first kappa shape index (κ1) is 19.7. The number of benzene rings is 1. The van der Waals surface area contributed by atoms with Crippen LogP contribution in [0.4, 0.5) is 0 Å². The topological polar surface area (TPSA) is 75.4 Å². The maximum absolute atomic E-state index is 8.36. The zero-order valence-electron chi connectivity index (χ0n) is 15.1. The second-order valence-corrected chi connectivity index (χ2v) is 7.40. The Morgan fingerprint density at radius 3 is 2.08 bits per heavy atom. The van der Waals surface area contributed by atoms with Crippen molar-refractivity contribution in [1.82, 2.24) is 5.32 Å². The quantitative estimate of drug-likeness (QED) is 0.584. The van der Waals surface area contributed by atoms with E-state index in [0.29, 0.717) is 0 Å². The average Bonchev–Trinajstić information content (AvgIpc) is 2.64. The van der Waals surface area contributed by atoms with Crippen LogP contribution in [0.25, 0.3) is 0 Å². The molecule has 3 rings (SSSR count). The molecule has 2 fully saturated rings. The van der Waals surface area contributed by atoms with Crippen molar-refractivity contribution in [3.05, 3.63) is 46.0 Å². The molecule has 0 spiro atoms. The summed E-state index contributed by atoms with van der Waals surface area (Å²) >= 11 is 0. The van der Waals surface area contributed by atoms with Gasteiger partial charge in [-0.15, -0.1) is 10.1 Å². The first-order valence-corrected chi connectivity index (χ1v) is 9.78. The molecule has 0 saturated heterocycles. The Hall–Kier alpha value is -1.62. The van der Waals surface area contributed by atoms with Crippen molar-refractivity contribution in [2.75, 3.05) is 6.54 Å². The summed E-state index contributed by atoms with van der Waals surface area (Å²) in [5.41, 5.74) is 1.56. The van der Waals surface area contributed by atoms with Crippen LogP contribution in [0.2, 0.25) is 0 Å². The highest BCUT2D eigenvalue weighted by Crippen LogP contribution is 2.36. The minimum absolute atomic E-state index is 0.730. The fourth-order valence-electron chi connectivity index (χ4n) is 4.39. The third kappa shape index (κ3) is 7.43. The van der Waals surface area contributed by atoms with E-state index in [1.54, 1.807) is 5.56 Å². The SMILES string of the molecule is O=[N+]([O-])O.c1ccc(C(CNC2CCCCC2)C2CCCCC2)cc1. The average molecular weight is 348 g/mol. The maximum atomic E-state index is 8.36. The van der Waals surface area contributed by atoms with Crippen molar-refractivity contribution in [2.45, 2.75) is 76.2 Å². The van der Waals surface area contributed by atoms with Crippen molar-refractivity contribution in [3.8, 4) is 0 Å². The Bertz CT molecular complexity index is 479. The van der Waals surface area contributed by atoms with Crippen molar-refractivity contribution in [2.24, 2.45) is 5.92 Å². The first-order chi connectivity index (χ1) is 12.2. The van der Waals surface area contributed by atoms with Gasteiger partial charge in [0.05, 0.1) is 0 Å². The summed E-state index contributed by atoms with van der Waals surface area (Å²) in [6.07, 6.45) is 14.3. The van der Waals surface area contributed by atoms with E-state index >= 15 is 0 Å². The molecule has 0 amide bonds. The van der Waals surface area contributed by atoms with Crippen LogP contribution in [0.5, 0.6) is 0 Å². The van der Waals surface area contributed by atoms with E-state index in [1.165, 1.54) is 70.8 Å². The largest absolute Gasteiger partial charge is 0.328 e. The van der Waals surface area contributed by atoms with Gasteiger partial charge in [0, 0.05) is 12.6 Å². The lowest BCUT2D eigenvalue weighted by Gasteiger charge is -2.33. The Balaban J connectivity index is 0.000000511. The summed E-state index contributed by atoms with van der Waals surface area (Å²) in [6.45, 7) is 1.19. The van der Waals surface area contributed by atoms with Crippen LogP contribution in [-0.2, 0) is 0 Å². The molecule has 2 aliphatic carbocycles. The highest BCUT2D eigenvalue weighted by Gasteiger charge is 2.25. The maximum Gasteiger partial charge on any atom is 0.291 e. The number of hydrogen-bond acceptors (Lipinski definition) is 3. The van der Waals surface area contributed by atoms with Crippen LogP contribution < -0.4 is 5.32 Å². The van der Waals surface area contributed by atoms with Crippen LogP contribution in [0, 0.1) is 16.0 Å². The number of hydrogen-bond donors (Lipinski definition) is 2. The minimum Gasteiger partial charge on any atom is -0.328 e. The van der Waals surface area contributed by atoms with Gasteiger partial charge in [-0.2, -0.15) is 0 Å². The van der Waals surface area contributed by atoms with Gasteiger partial charge in [0.2, 0.25) is 0 Å².